The molecule has 0 aliphatic heterocycles. The van der Waals surface area contributed by atoms with Crippen molar-refractivity contribution < 1.29 is 0 Å². The van der Waals surface area contributed by atoms with Gasteiger partial charge in [-0.25, -0.2) is 4.98 Å². The van der Waals surface area contributed by atoms with Gasteiger partial charge < -0.3 is 5.32 Å². The zero-order valence-electron chi connectivity index (χ0n) is 13.1. The van der Waals surface area contributed by atoms with Crippen LogP contribution in [0.5, 0.6) is 0 Å². The van der Waals surface area contributed by atoms with Crippen LogP contribution in [0.1, 0.15) is 55.9 Å². The minimum atomic E-state index is 0.131. The fraction of sp³-hybridized carbons (Fsp3) is 0.500. The second kappa shape index (κ2) is 5.90. The summed E-state index contributed by atoms with van der Waals surface area (Å²) < 4.78 is 0. The van der Waals surface area contributed by atoms with Crippen LogP contribution in [0.3, 0.4) is 0 Å². The molecule has 1 fully saturated rings. The molecule has 0 radical (unpaired) electrons. The smallest absolute Gasteiger partial charge is 0.110 e. The summed E-state index contributed by atoms with van der Waals surface area (Å²) in [7, 11) is 0. The van der Waals surface area contributed by atoms with Crippen LogP contribution in [-0.4, -0.2) is 11.0 Å². The molecule has 3 heteroatoms. The topological polar surface area (TPSA) is 24.9 Å². The first-order valence-corrected chi connectivity index (χ1v) is 8.66. The van der Waals surface area contributed by atoms with E-state index in [1.165, 1.54) is 29.1 Å². The quantitative estimate of drug-likeness (QED) is 0.881. The second-order valence-electron chi connectivity index (χ2n) is 7.00. The van der Waals surface area contributed by atoms with Crippen LogP contribution in [0.4, 0.5) is 0 Å². The number of hydrogen-bond acceptors (Lipinski definition) is 3. The zero-order chi connectivity index (χ0) is 14.9. The first-order chi connectivity index (χ1) is 10.0. The van der Waals surface area contributed by atoms with E-state index >= 15 is 0 Å². The Labute approximate surface area is 131 Å². The molecule has 2 aromatic rings. The van der Waals surface area contributed by atoms with Gasteiger partial charge in [-0.1, -0.05) is 51.1 Å². The molecule has 2 nitrogen and oxygen atoms in total. The molecule has 1 unspecified atom stereocenters. The Bertz CT molecular complexity index is 579. The average molecular weight is 300 g/mol. The molecule has 1 aliphatic rings. The molecule has 1 heterocycles. The first kappa shape index (κ1) is 14.7. The maximum atomic E-state index is 4.91. The zero-order valence-corrected chi connectivity index (χ0v) is 13.9. The van der Waals surface area contributed by atoms with E-state index in [0.717, 1.165) is 6.42 Å². The molecule has 0 spiro atoms. The highest BCUT2D eigenvalue weighted by Crippen LogP contribution is 2.31. The lowest BCUT2D eigenvalue weighted by Gasteiger charge is -2.18. The van der Waals surface area contributed by atoms with Crippen LogP contribution in [0.25, 0.3) is 0 Å². The van der Waals surface area contributed by atoms with Crippen molar-refractivity contribution in [3.05, 3.63) is 52.0 Å². The molecule has 21 heavy (non-hydrogen) atoms. The van der Waals surface area contributed by atoms with Crippen molar-refractivity contribution in [1.82, 2.24) is 10.3 Å². The van der Waals surface area contributed by atoms with E-state index in [0.29, 0.717) is 12.1 Å². The predicted octanol–water partition coefficient (Wildman–Crippen LogP) is 4.48. The second-order valence-corrected chi connectivity index (χ2v) is 7.89. The third-order valence-corrected chi connectivity index (χ3v) is 4.84. The number of rotatable bonds is 5. The molecule has 1 aromatic carbocycles. The number of benzene rings is 1. The van der Waals surface area contributed by atoms with E-state index in [4.69, 9.17) is 4.98 Å². The van der Waals surface area contributed by atoms with Gasteiger partial charge in [-0.05, 0) is 24.8 Å². The molecule has 0 saturated heterocycles. The summed E-state index contributed by atoms with van der Waals surface area (Å²) in [6, 6.07) is 11.8. The predicted molar refractivity (Wildman–Crippen MR) is 89.9 cm³/mol. The summed E-state index contributed by atoms with van der Waals surface area (Å²) in [5, 5.41) is 7.22. The largest absolute Gasteiger partial charge is 0.305 e. The number of hydrogen-bond donors (Lipinski definition) is 1. The Morgan fingerprint density at radius 1 is 1.24 bits per heavy atom. The molecule has 1 aromatic heterocycles. The number of nitrogens with zero attached hydrogens (tertiary/aromatic N) is 1. The van der Waals surface area contributed by atoms with E-state index in [2.05, 4.69) is 61.8 Å². The van der Waals surface area contributed by atoms with Gasteiger partial charge in [0.05, 0.1) is 11.7 Å². The molecule has 1 aliphatic carbocycles. The van der Waals surface area contributed by atoms with Crippen molar-refractivity contribution in [3.63, 3.8) is 0 Å². The molecule has 3 rings (SSSR count). The highest BCUT2D eigenvalue weighted by atomic mass is 32.1. The molecular weight excluding hydrogens is 276 g/mol. The van der Waals surface area contributed by atoms with Gasteiger partial charge in [0, 0.05) is 16.8 Å². The number of thiazole rings is 1. The average Bonchev–Trinajstić information content (AvgIpc) is 3.11. The van der Waals surface area contributed by atoms with E-state index in [-0.39, 0.29) is 5.41 Å². The lowest BCUT2D eigenvalue weighted by Crippen LogP contribution is -2.25. The van der Waals surface area contributed by atoms with Gasteiger partial charge in [0.1, 0.15) is 5.01 Å². The summed E-state index contributed by atoms with van der Waals surface area (Å²) in [5.41, 5.74) is 2.72. The van der Waals surface area contributed by atoms with Gasteiger partial charge in [-0.15, -0.1) is 11.3 Å². The maximum absolute atomic E-state index is 4.91. The summed E-state index contributed by atoms with van der Waals surface area (Å²) >= 11 is 1.80. The third kappa shape index (κ3) is 3.92. The fourth-order valence-corrected chi connectivity index (χ4v) is 3.50. The summed E-state index contributed by atoms with van der Waals surface area (Å²) in [6.07, 6.45) is 3.64. The summed E-state index contributed by atoms with van der Waals surface area (Å²) in [5.74, 6) is 0. The van der Waals surface area contributed by atoms with E-state index in [1.54, 1.807) is 11.3 Å². The van der Waals surface area contributed by atoms with Crippen molar-refractivity contribution in [2.75, 3.05) is 0 Å². The lowest BCUT2D eigenvalue weighted by molar-refractivity contribution is 0.515. The van der Waals surface area contributed by atoms with Crippen molar-refractivity contribution in [3.8, 4) is 0 Å². The van der Waals surface area contributed by atoms with Gasteiger partial charge in [0.25, 0.3) is 0 Å². The Kier molecular flexibility index (Phi) is 4.14. The molecule has 1 saturated carbocycles. The van der Waals surface area contributed by atoms with E-state index in [1.807, 2.05) is 0 Å². The summed E-state index contributed by atoms with van der Waals surface area (Å²) in [6.45, 7) is 6.69. The van der Waals surface area contributed by atoms with Crippen LogP contribution in [0.2, 0.25) is 0 Å². The highest BCUT2D eigenvalue weighted by Gasteiger charge is 2.28. The van der Waals surface area contributed by atoms with Gasteiger partial charge in [-0.3, -0.25) is 0 Å². The minimum Gasteiger partial charge on any atom is -0.305 e. The van der Waals surface area contributed by atoms with Gasteiger partial charge in [0.15, 0.2) is 0 Å². The Hall–Kier alpha value is -1.19. The molecule has 1 atom stereocenters. The Balaban J connectivity index is 1.79. The van der Waals surface area contributed by atoms with Gasteiger partial charge >= 0.3 is 0 Å². The van der Waals surface area contributed by atoms with Gasteiger partial charge in [-0.2, -0.15) is 0 Å². The van der Waals surface area contributed by atoms with Crippen LogP contribution in [0.15, 0.2) is 35.7 Å². The standard InChI is InChI=1S/C18H24N2S/c1-18(2,3)16-12-21-17(20-16)15(19-14-9-10-14)11-13-7-5-4-6-8-13/h4-8,12,14-15,19H,9-11H2,1-3H3. The molecule has 0 amide bonds. The minimum absolute atomic E-state index is 0.131. The van der Waals surface area contributed by atoms with Crippen LogP contribution < -0.4 is 5.32 Å². The van der Waals surface area contributed by atoms with E-state index in [9.17, 15) is 0 Å². The first-order valence-electron chi connectivity index (χ1n) is 7.78. The van der Waals surface area contributed by atoms with Crippen molar-refractivity contribution >= 4 is 11.3 Å². The summed E-state index contributed by atoms with van der Waals surface area (Å²) in [4.78, 5) is 4.91. The maximum Gasteiger partial charge on any atom is 0.110 e. The Morgan fingerprint density at radius 2 is 1.95 bits per heavy atom. The van der Waals surface area contributed by atoms with Crippen molar-refractivity contribution in [2.24, 2.45) is 0 Å². The number of aromatic nitrogens is 1. The molecule has 112 valence electrons. The number of nitrogens with one attached hydrogen (secondary N) is 1. The van der Waals surface area contributed by atoms with Gasteiger partial charge in [0.2, 0.25) is 0 Å². The fourth-order valence-electron chi connectivity index (χ4n) is 2.39. The van der Waals surface area contributed by atoms with Crippen LogP contribution >= 0.6 is 11.3 Å². The van der Waals surface area contributed by atoms with E-state index < -0.39 is 0 Å². The molecular formula is C18H24N2S. The third-order valence-electron chi connectivity index (χ3n) is 3.89. The van der Waals surface area contributed by atoms with Crippen molar-refractivity contribution in [2.45, 2.75) is 57.5 Å². The lowest BCUT2D eigenvalue weighted by atomic mass is 9.93. The SMILES string of the molecule is CC(C)(C)c1csc(C(Cc2ccccc2)NC2CC2)n1. The normalized spacial score (nSPS) is 16.9. The monoisotopic (exact) mass is 300 g/mol. The molecule has 0 bridgehead atoms. The van der Waals surface area contributed by atoms with Crippen LogP contribution in [-0.2, 0) is 11.8 Å². The van der Waals surface area contributed by atoms with Crippen molar-refractivity contribution in [1.29, 1.82) is 0 Å². The Morgan fingerprint density at radius 3 is 2.52 bits per heavy atom. The highest BCUT2D eigenvalue weighted by molar-refractivity contribution is 7.09. The van der Waals surface area contributed by atoms with Crippen LogP contribution in [0, 0.1) is 0 Å². The molecule has 1 N–H and O–H groups in total.